The van der Waals surface area contributed by atoms with Crippen molar-refractivity contribution < 1.29 is 4.42 Å². The second kappa shape index (κ2) is 12.6. The van der Waals surface area contributed by atoms with E-state index in [1.165, 1.54) is 38.2 Å². The summed E-state index contributed by atoms with van der Waals surface area (Å²) < 4.78 is 9.36. The van der Waals surface area contributed by atoms with Gasteiger partial charge in [0.1, 0.15) is 11.2 Å². The van der Waals surface area contributed by atoms with E-state index in [-0.39, 0.29) is 0 Å². The molecule has 0 unspecified atom stereocenters. The summed E-state index contributed by atoms with van der Waals surface area (Å²) in [4.78, 5) is 2.37. The minimum Gasteiger partial charge on any atom is -0.455 e. The van der Waals surface area contributed by atoms with E-state index < -0.39 is 0 Å². The Morgan fingerprint density at radius 3 is 1.82 bits per heavy atom. The predicted octanol–water partition coefficient (Wildman–Crippen LogP) is 14.6. The Bertz CT molecular complexity index is 3180. The molecule has 0 saturated carbocycles. The molecule has 11 aromatic rings. The van der Waals surface area contributed by atoms with Crippen LogP contribution in [-0.4, -0.2) is 4.57 Å². The fraction of sp³-hybridized carbons (Fsp3) is 0. The van der Waals surface area contributed by atoms with E-state index in [0.29, 0.717) is 0 Å². The third-order valence-corrected chi connectivity index (χ3v) is 11.0. The van der Waals surface area contributed by atoms with E-state index in [0.717, 1.165) is 61.3 Å². The lowest BCUT2D eigenvalue weighted by molar-refractivity contribution is 0.670. The Balaban J connectivity index is 1.24. The van der Waals surface area contributed by atoms with Crippen molar-refractivity contribution in [1.29, 1.82) is 0 Å². The van der Waals surface area contributed by atoms with Gasteiger partial charge in [0.05, 0.1) is 11.0 Å². The average molecular weight is 703 g/mol. The molecule has 2 aromatic heterocycles. The summed E-state index contributed by atoms with van der Waals surface area (Å²) in [5.41, 5.74) is 13.0. The minimum atomic E-state index is 0.879. The Labute approximate surface area is 318 Å². The van der Waals surface area contributed by atoms with Crippen molar-refractivity contribution in [3.63, 3.8) is 0 Å². The lowest BCUT2D eigenvalue weighted by Crippen LogP contribution is -2.10. The van der Waals surface area contributed by atoms with Gasteiger partial charge in [0.15, 0.2) is 0 Å². The van der Waals surface area contributed by atoms with Crippen molar-refractivity contribution in [3.05, 3.63) is 206 Å². The molecule has 9 aromatic carbocycles. The Morgan fingerprint density at radius 1 is 0.382 bits per heavy atom. The van der Waals surface area contributed by atoms with Crippen LogP contribution in [0.15, 0.2) is 211 Å². The molecule has 0 spiro atoms. The van der Waals surface area contributed by atoms with Gasteiger partial charge in [-0.25, -0.2) is 0 Å². The number of hydrogen-bond donors (Lipinski definition) is 0. The maximum Gasteiger partial charge on any atom is 0.143 e. The zero-order valence-corrected chi connectivity index (χ0v) is 29.9. The van der Waals surface area contributed by atoms with Crippen LogP contribution < -0.4 is 4.90 Å². The quantitative estimate of drug-likeness (QED) is 0.172. The lowest BCUT2D eigenvalue weighted by atomic mass is 9.95. The number of nitrogens with zero attached hydrogens (tertiary/aromatic N) is 2. The maximum absolute atomic E-state index is 6.98. The second-order valence-electron chi connectivity index (χ2n) is 14.1. The first-order valence-corrected chi connectivity index (χ1v) is 18.8. The van der Waals surface area contributed by atoms with Gasteiger partial charge < -0.3 is 13.9 Å². The third-order valence-electron chi connectivity index (χ3n) is 11.0. The SMILES string of the molecule is c1ccc(-c2ccc(N(c3ccccc3)c3cc(-c4cccc5c4c4ccccc4n5-c4ccccc4)c4oc5ccc6ccccc6c5c4c3)cc2)cc1. The fourth-order valence-corrected chi connectivity index (χ4v) is 8.52. The molecule has 0 fully saturated rings. The first-order chi connectivity index (χ1) is 27.3. The number of hydrogen-bond acceptors (Lipinski definition) is 2. The first kappa shape index (κ1) is 31.2. The molecule has 0 saturated heterocycles. The van der Waals surface area contributed by atoms with Crippen LogP contribution in [0, 0.1) is 0 Å². The molecule has 0 aliphatic rings. The largest absolute Gasteiger partial charge is 0.455 e. The molecule has 0 atom stereocenters. The molecule has 0 radical (unpaired) electrons. The molecule has 3 nitrogen and oxygen atoms in total. The van der Waals surface area contributed by atoms with Crippen molar-refractivity contribution >= 4 is 71.6 Å². The number of benzene rings is 9. The van der Waals surface area contributed by atoms with Gasteiger partial charge in [0.25, 0.3) is 0 Å². The van der Waals surface area contributed by atoms with Gasteiger partial charge in [0, 0.05) is 49.9 Å². The Hall–Kier alpha value is -7.36. The number of aromatic nitrogens is 1. The van der Waals surface area contributed by atoms with Gasteiger partial charge >= 0.3 is 0 Å². The van der Waals surface area contributed by atoms with E-state index in [2.05, 4.69) is 216 Å². The van der Waals surface area contributed by atoms with Crippen molar-refractivity contribution in [3.8, 4) is 27.9 Å². The molecule has 11 rings (SSSR count). The summed E-state index contributed by atoms with van der Waals surface area (Å²) in [6.07, 6.45) is 0. The average Bonchev–Trinajstić information content (AvgIpc) is 3.81. The summed E-state index contributed by atoms with van der Waals surface area (Å²) in [5.74, 6) is 0. The van der Waals surface area contributed by atoms with Crippen LogP contribution in [-0.2, 0) is 0 Å². The van der Waals surface area contributed by atoms with Gasteiger partial charge in [-0.15, -0.1) is 0 Å². The minimum absolute atomic E-state index is 0.879. The van der Waals surface area contributed by atoms with Gasteiger partial charge in [-0.1, -0.05) is 140 Å². The van der Waals surface area contributed by atoms with Gasteiger partial charge in [-0.3, -0.25) is 0 Å². The van der Waals surface area contributed by atoms with E-state index in [1.807, 2.05) is 0 Å². The normalized spacial score (nSPS) is 11.6. The first-order valence-electron chi connectivity index (χ1n) is 18.8. The molecule has 3 heteroatoms. The molecule has 0 aliphatic heterocycles. The molecular weight excluding hydrogens is 669 g/mol. The third kappa shape index (κ3) is 5.05. The highest BCUT2D eigenvalue weighted by atomic mass is 16.3. The predicted molar refractivity (Wildman–Crippen MR) is 231 cm³/mol. The molecular formula is C52H34N2O. The molecule has 0 aliphatic carbocycles. The van der Waals surface area contributed by atoms with Gasteiger partial charge in [-0.05, 0) is 94.2 Å². The molecule has 258 valence electrons. The van der Waals surface area contributed by atoms with Crippen LogP contribution in [0.2, 0.25) is 0 Å². The van der Waals surface area contributed by atoms with Crippen LogP contribution in [0.3, 0.4) is 0 Å². The summed E-state index contributed by atoms with van der Waals surface area (Å²) in [6, 6.07) is 73.8. The number of anilines is 3. The summed E-state index contributed by atoms with van der Waals surface area (Å²) in [5, 5.41) is 6.98. The maximum atomic E-state index is 6.98. The van der Waals surface area contributed by atoms with E-state index in [4.69, 9.17) is 4.42 Å². The van der Waals surface area contributed by atoms with Crippen molar-refractivity contribution in [2.24, 2.45) is 0 Å². The fourth-order valence-electron chi connectivity index (χ4n) is 8.52. The smallest absolute Gasteiger partial charge is 0.143 e. The van der Waals surface area contributed by atoms with Crippen molar-refractivity contribution in [2.45, 2.75) is 0 Å². The van der Waals surface area contributed by atoms with Crippen LogP contribution in [0.25, 0.3) is 82.5 Å². The van der Waals surface area contributed by atoms with Gasteiger partial charge in [-0.2, -0.15) is 0 Å². The standard InChI is InChI=1S/C52H34N2O/c1-4-15-35(16-5-1)36-27-30-40(31-28-36)53(38-18-6-2-7-19-38)41-33-45(52-46(34-41)51-42-22-11-10-17-37(42)29-32-49(51)55-52)43-24-14-26-48-50(43)44-23-12-13-25-47(44)54(48)39-20-8-3-9-21-39/h1-34H. The summed E-state index contributed by atoms with van der Waals surface area (Å²) in [7, 11) is 0. The molecule has 55 heavy (non-hydrogen) atoms. The Kier molecular flexibility index (Phi) is 7.17. The molecule has 2 heterocycles. The topological polar surface area (TPSA) is 21.3 Å². The highest BCUT2D eigenvalue weighted by molar-refractivity contribution is 6.24. The van der Waals surface area contributed by atoms with E-state index >= 15 is 0 Å². The van der Waals surface area contributed by atoms with Crippen LogP contribution >= 0.6 is 0 Å². The Morgan fingerprint density at radius 2 is 1.02 bits per heavy atom. The molecule has 0 amide bonds. The number of rotatable bonds is 6. The molecule has 0 N–H and O–H groups in total. The number of para-hydroxylation sites is 3. The zero-order chi connectivity index (χ0) is 36.3. The lowest BCUT2D eigenvalue weighted by Gasteiger charge is -2.26. The second-order valence-corrected chi connectivity index (χ2v) is 14.1. The molecule has 0 bridgehead atoms. The van der Waals surface area contributed by atoms with Crippen molar-refractivity contribution in [2.75, 3.05) is 4.90 Å². The monoisotopic (exact) mass is 702 g/mol. The van der Waals surface area contributed by atoms with Crippen LogP contribution in [0.1, 0.15) is 0 Å². The van der Waals surface area contributed by atoms with E-state index in [1.54, 1.807) is 0 Å². The van der Waals surface area contributed by atoms with E-state index in [9.17, 15) is 0 Å². The number of fused-ring (bicyclic) bond motifs is 8. The summed E-state index contributed by atoms with van der Waals surface area (Å²) >= 11 is 0. The van der Waals surface area contributed by atoms with Gasteiger partial charge in [0.2, 0.25) is 0 Å². The zero-order valence-electron chi connectivity index (χ0n) is 29.9. The summed E-state index contributed by atoms with van der Waals surface area (Å²) in [6.45, 7) is 0. The van der Waals surface area contributed by atoms with Crippen LogP contribution in [0.5, 0.6) is 0 Å². The highest BCUT2D eigenvalue weighted by Gasteiger charge is 2.23. The van der Waals surface area contributed by atoms with Crippen molar-refractivity contribution in [1.82, 2.24) is 4.57 Å². The van der Waals surface area contributed by atoms with Crippen LogP contribution in [0.4, 0.5) is 17.1 Å². The highest BCUT2D eigenvalue weighted by Crippen LogP contribution is 2.47. The number of furan rings is 1.